The molecule has 1 fully saturated rings. The molecule has 160 valence electrons. The van der Waals surface area contributed by atoms with E-state index < -0.39 is 0 Å². The summed E-state index contributed by atoms with van der Waals surface area (Å²) in [5.41, 5.74) is 3.68. The Labute approximate surface area is 193 Å². The number of carbonyl (C=O) groups excluding carboxylic acids is 1. The molecule has 0 bridgehead atoms. The van der Waals surface area contributed by atoms with Crippen LogP contribution in [0.3, 0.4) is 0 Å². The SMILES string of the molecule is O=C(C1CCN(Cc2ccc(Br)cc2)CC1)N(Cc1ccccc1)Cc1ccccc1. The van der Waals surface area contributed by atoms with Gasteiger partial charge in [0, 0.05) is 30.0 Å². The lowest BCUT2D eigenvalue weighted by atomic mass is 9.94. The number of hydrogen-bond acceptors (Lipinski definition) is 2. The third-order valence-corrected chi connectivity index (χ3v) is 6.53. The summed E-state index contributed by atoms with van der Waals surface area (Å²) in [5, 5.41) is 0. The number of nitrogens with zero attached hydrogens (tertiary/aromatic N) is 2. The van der Waals surface area contributed by atoms with Gasteiger partial charge in [0.2, 0.25) is 5.91 Å². The van der Waals surface area contributed by atoms with Crippen LogP contribution < -0.4 is 0 Å². The highest BCUT2D eigenvalue weighted by Crippen LogP contribution is 2.24. The van der Waals surface area contributed by atoms with Gasteiger partial charge in [0.25, 0.3) is 0 Å². The average Bonchev–Trinajstić information content (AvgIpc) is 2.82. The summed E-state index contributed by atoms with van der Waals surface area (Å²) in [7, 11) is 0. The molecule has 0 saturated carbocycles. The van der Waals surface area contributed by atoms with Crippen LogP contribution in [-0.4, -0.2) is 28.8 Å². The lowest BCUT2D eigenvalue weighted by molar-refractivity contribution is -0.138. The lowest BCUT2D eigenvalue weighted by Gasteiger charge is -2.34. The summed E-state index contributed by atoms with van der Waals surface area (Å²) in [6, 6.07) is 29.2. The lowest BCUT2D eigenvalue weighted by Crippen LogP contribution is -2.41. The highest BCUT2D eigenvalue weighted by molar-refractivity contribution is 9.10. The Balaban J connectivity index is 1.39. The number of likely N-dealkylation sites (tertiary alicyclic amines) is 1. The molecule has 3 aromatic rings. The number of piperidine rings is 1. The first-order valence-corrected chi connectivity index (χ1v) is 11.8. The first-order valence-electron chi connectivity index (χ1n) is 11.0. The molecule has 0 aliphatic carbocycles. The Bertz CT molecular complexity index is 910. The van der Waals surface area contributed by atoms with Crippen molar-refractivity contribution in [3.8, 4) is 0 Å². The minimum atomic E-state index is 0.105. The summed E-state index contributed by atoms with van der Waals surface area (Å²) < 4.78 is 1.11. The third-order valence-electron chi connectivity index (χ3n) is 6.00. The molecule has 1 saturated heterocycles. The third kappa shape index (κ3) is 6.28. The van der Waals surface area contributed by atoms with Crippen molar-refractivity contribution >= 4 is 21.8 Å². The van der Waals surface area contributed by atoms with Crippen LogP contribution in [-0.2, 0) is 24.4 Å². The second kappa shape index (κ2) is 10.7. The minimum absolute atomic E-state index is 0.105. The average molecular weight is 477 g/mol. The standard InChI is InChI=1S/C27H29BrN2O/c28-26-13-11-24(12-14-26)19-29-17-15-25(16-18-29)27(31)30(20-22-7-3-1-4-8-22)21-23-9-5-2-6-10-23/h1-14,25H,15-21H2. The molecule has 0 atom stereocenters. The van der Waals surface area contributed by atoms with E-state index in [-0.39, 0.29) is 11.8 Å². The zero-order valence-electron chi connectivity index (χ0n) is 17.8. The summed E-state index contributed by atoms with van der Waals surface area (Å²) in [4.78, 5) is 18.0. The molecular formula is C27H29BrN2O. The van der Waals surface area contributed by atoms with Gasteiger partial charge in [-0.1, -0.05) is 88.7 Å². The number of carbonyl (C=O) groups is 1. The van der Waals surface area contributed by atoms with Crippen molar-refractivity contribution in [2.75, 3.05) is 13.1 Å². The second-order valence-corrected chi connectivity index (χ2v) is 9.26. The van der Waals surface area contributed by atoms with Crippen molar-refractivity contribution in [3.05, 3.63) is 106 Å². The van der Waals surface area contributed by atoms with Gasteiger partial charge in [0.05, 0.1) is 0 Å². The van der Waals surface area contributed by atoms with E-state index in [0.717, 1.165) is 36.9 Å². The highest BCUT2D eigenvalue weighted by atomic mass is 79.9. The van der Waals surface area contributed by atoms with Gasteiger partial charge in [-0.2, -0.15) is 0 Å². The molecule has 31 heavy (non-hydrogen) atoms. The number of rotatable bonds is 7. The topological polar surface area (TPSA) is 23.6 Å². The Morgan fingerprint density at radius 1 is 0.774 bits per heavy atom. The molecular weight excluding hydrogens is 448 g/mol. The van der Waals surface area contributed by atoms with Gasteiger partial charge in [-0.15, -0.1) is 0 Å². The van der Waals surface area contributed by atoms with Crippen molar-refractivity contribution in [2.24, 2.45) is 5.92 Å². The van der Waals surface area contributed by atoms with Crippen molar-refractivity contribution < 1.29 is 4.79 Å². The van der Waals surface area contributed by atoms with Gasteiger partial charge in [-0.05, 0) is 54.8 Å². The molecule has 1 aliphatic heterocycles. The monoisotopic (exact) mass is 476 g/mol. The summed E-state index contributed by atoms with van der Waals surface area (Å²) in [6.45, 7) is 4.21. The zero-order chi connectivity index (χ0) is 21.5. The van der Waals surface area contributed by atoms with Crippen molar-refractivity contribution in [3.63, 3.8) is 0 Å². The van der Waals surface area contributed by atoms with Crippen LogP contribution >= 0.6 is 15.9 Å². The largest absolute Gasteiger partial charge is 0.334 e. The van der Waals surface area contributed by atoms with Crippen LogP contribution in [0, 0.1) is 5.92 Å². The van der Waals surface area contributed by atoms with Crippen LogP contribution in [0.15, 0.2) is 89.4 Å². The highest BCUT2D eigenvalue weighted by Gasteiger charge is 2.28. The predicted octanol–water partition coefficient (Wildman–Crippen LogP) is 5.89. The molecule has 1 aliphatic rings. The summed E-state index contributed by atoms with van der Waals surface area (Å²) in [6.07, 6.45) is 1.85. The van der Waals surface area contributed by atoms with Crippen molar-refractivity contribution in [1.82, 2.24) is 9.80 Å². The van der Waals surface area contributed by atoms with Crippen LogP contribution in [0.4, 0.5) is 0 Å². The molecule has 1 heterocycles. The molecule has 3 aromatic carbocycles. The van der Waals surface area contributed by atoms with Crippen LogP contribution in [0.2, 0.25) is 0 Å². The van der Waals surface area contributed by atoms with Crippen LogP contribution in [0.25, 0.3) is 0 Å². The fourth-order valence-electron chi connectivity index (χ4n) is 4.26. The summed E-state index contributed by atoms with van der Waals surface area (Å²) >= 11 is 3.50. The van der Waals surface area contributed by atoms with E-state index in [2.05, 4.69) is 69.4 Å². The molecule has 4 rings (SSSR count). The van der Waals surface area contributed by atoms with E-state index >= 15 is 0 Å². The molecule has 0 N–H and O–H groups in total. The first-order chi connectivity index (χ1) is 15.2. The van der Waals surface area contributed by atoms with Gasteiger partial charge in [-0.25, -0.2) is 0 Å². The van der Waals surface area contributed by atoms with Crippen molar-refractivity contribution in [1.29, 1.82) is 0 Å². The molecule has 1 amide bonds. The number of hydrogen-bond donors (Lipinski definition) is 0. The van der Waals surface area contributed by atoms with Gasteiger partial charge in [-0.3, -0.25) is 9.69 Å². The second-order valence-electron chi connectivity index (χ2n) is 8.34. The fourth-order valence-corrected chi connectivity index (χ4v) is 4.53. The number of amides is 1. The van der Waals surface area contributed by atoms with E-state index in [1.165, 1.54) is 16.7 Å². The van der Waals surface area contributed by atoms with Crippen LogP contribution in [0.1, 0.15) is 29.5 Å². The maximum atomic E-state index is 13.5. The van der Waals surface area contributed by atoms with E-state index in [1.54, 1.807) is 0 Å². The van der Waals surface area contributed by atoms with Gasteiger partial charge >= 0.3 is 0 Å². The molecule has 0 radical (unpaired) electrons. The molecule has 3 nitrogen and oxygen atoms in total. The number of halogens is 1. The smallest absolute Gasteiger partial charge is 0.226 e. The Morgan fingerprint density at radius 3 is 1.81 bits per heavy atom. The zero-order valence-corrected chi connectivity index (χ0v) is 19.4. The molecule has 0 spiro atoms. The maximum absolute atomic E-state index is 13.5. The van der Waals surface area contributed by atoms with Crippen molar-refractivity contribution in [2.45, 2.75) is 32.5 Å². The van der Waals surface area contributed by atoms with Crippen LogP contribution in [0.5, 0.6) is 0 Å². The van der Waals surface area contributed by atoms with Gasteiger partial charge in [0.15, 0.2) is 0 Å². The Morgan fingerprint density at radius 2 is 1.29 bits per heavy atom. The predicted molar refractivity (Wildman–Crippen MR) is 129 cm³/mol. The quantitative estimate of drug-likeness (QED) is 0.424. The van der Waals surface area contributed by atoms with Gasteiger partial charge < -0.3 is 4.90 Å². The van der Waals surface area contributed by atoms with E-state index in [9.17, 15) is 4.79 Å². The molecule has 4 heteroatoms. The van der Waals surface area contributed by atoms with E-state index in [0.29, 0.717) is 13.1 Å². The van der Waals surface area contributed by atoms with E-state index in [4.69, 9.17) is 0 Å². The fraction of sp³-hybridized carbons (Fsp3) is 0.296. The maximum Gasteiger partial charge on any atom is 0.226 e. The first kappa shape index (κ1) is 21.8. The number of benzene rings is 3. The molecule has 0 aromatic heterocycles. The Hall–Kier alpha value is -2.43. The van der Waals surface area contributed by atoms with E-state index in [1.807, 2.05) is 41.3 Å². The normalized spacial score (nSPS) is 15.0. The molecule has 0 unspecified atom stereocenters. The van der Waals surface area contributed by atoms with Gasteiger partial charge in [0.1, 0.15) is 0 Å². The summed E-state index contributed by atoms with van der Waals surface area (Å²) in [5.74, 6) is 0.393. The Kier molecular flexibility index (Phi) is 7.55. The minimum Gasteiger partial charge on any atom is -0.334 e.